The predicted molar refractivity (Wildman–Crippen MR) is 75.9 cm³/mol. The molecular weight excluding hydrogens is 271 g/mol. The summed E-state index contributed by atoms with van der Waals surface area (Å²) in [5.41, 5.74) is 0. The van der Waals surface area contributed by atoms with Gasteiger partial charge in [0.15, 0.2) is 0 Å². The summed E-state index contributed by atoms with van der Waals surface area (Å²) in [7, 11) is 1.77. The van der Waals surface area contributed by atoms with E-state index >= 15 is 0 Å². The van der Waals surface area contributed by atoms with Crippen LogP contribution in [0.1, 0.15) is 32.6 Å². The number of hydrogen-bond donors (Lipinski definition) is 1. The van der Waals surface area contributed by atoms with Crippen LogP contribution in [0.5, 0.6) is 5.88 Å². The zero-order chi connectivity index (χ0) is 13.1. The molecule has 0 atom stereocenters. The van der Waals surface area contributed by atoms with E-state index in [0.29, 0.717) is 21.7 Å². The molecule has 0 bridgehead atoms. The predicted octanol–water partition coefficient (Wildman–Crippen LogP) is 4.39. The molecule has 0 saturated heterocycles. The van der Waals surface area contributed by atoms with E-state index in [1.165, 1.54) is 12.8 Å². The maximum atomic E-state index is 6.11. The van der Waals surface area contributed by atoms with Gasteiger partial charge in [-0.3, -0.25) is 0 Å². The largest absolute Gasteiger partial charge is 0.473 e. The van der Waals surface area contributed by atoms with Crippen LogP contribution in [-0.2, 0) is 0 Å². The van der Waals surface area contributed by atoms with Gasteiger partial charge in [-0.25, -0.2) is 0 Å². The number of aromatic nitrogens is 1. The van der Waals surface area contributed by atoms with Crippen molar-refractivity contribution < 1.29 is 4.74 Å². The molecule has 0 spiro atoms. The summed E-state index contributed by atoms with van der Waals surface area (Å²) in [6.07, 6.45) is 4.76. The smallest absolute Gasteiger partial charge is 0.234 e. The quantitative estimate of drug-likeness (QED) is 0.896. The van der Waals surface area contributed by atoms with Gasteiger partial charge in [-0.2, -0.15) is 4.98 Å². The fourth-order valence-corrected chi connectivity index (χ4v) is 2.71. The number of halogens is 2. The van der Waals surface area contributed by atoms with Crippen LogP contribution in [-0.4, -0.2) is 18.1 Å². The first-order valence-corrected chi connectivity index (χ1v) is 7.06. The van der Waals surface area contributed by atoms with Crippen molar-refractivity contribution in [3.05, 3.63) is 16.1 Å². The Morgan fingerprint density at radius 3 is 2.50 bits per heavy atom. The van der Waals surface area contributed by atoms with Gasteiger partial charge in [0.05, 0.1) is 5.02 Å². The van der Waals surface area contributed by atoms with Gasteiger partial charge < -0.3 is 10.1 Å². The fraction of sp³-hybridized carbons (Fsp3) is 0.615. The zero-order valence-electron chi connectivity index (χ0n) is 10.7. The molecule has 1 heterocycles. The van der Waals surface area contributed by atoms with Crippen LogP contribution >= 0.6 is 23.2 Å². The first-order valence-electron chi connectivity index (χ1n) is 6.30. The molecule has 1 aromatic rings. The Hall–Kier alpha value is -0.670. The summed E-state index contributed by atoms with van der Waals surface area (Å²) in [6.45, 7) is 2.28. The topological polar surface area (TPSA) is 34.2 Å². The zero-order valence-corrected chi connectivity index (χ0v) is 12.2. The van der Waals surface area contributed by atoms with Crippen LogP contribution in [0.4, 0.5) is 5.82 Å². The normalized spacial score (nSPS) is 23.8. The summed E-state index contributed by atoms with van der Waals surface area (Å²) in [6, 6.07) is 1.67. The van der Waals surface area contributed by atoms with Gasteiger partial charge >= 0.3 is 0 Å². The standard InChI is InChI=1S/C13H18Cl2N2O/c1-8-3-5-9(6-4-8)18-13-11(15)7-10(14)12(16-2)17-13/h7-9H,3-6H2,1-2H3,(H,16,17). The molecule has 0 amide bonds. The van der Waals surface area contributed by atoms with Crippen LogP contribution in [0.2, 0.25) is 10.0 Å². The molecule has 18 heavy (non-hydrogen) atoms. The second kappa shape index (κ2) is 5.98. The van der Waals surface area contributed by atoms with Crippen molar-refractivity contribution in [2.45, 2.75) is 38.7 Å². The fourth-order valence-electron chi connectivity index (χ4n) is 2.21. The van der Waals surface area contributed by atoms with E-state index in [2.05, 4.69) is 17.2 Å². The molecular formula is C13H18Cl2N2O. The third-order valence-corrected chi connectivity index (χ3v) is 3.93. The number of rotatable bonds is 3. The Morgan fingerprint density at radius 2 is 1.89 bits per heavy atom. The minimum Gasteiger partial charge on any atom is -0.473 e. The van der Waals surface area contributed by atoms with E-state index < -0.39 is 0 Å². The van der Waals surface area contributed by atoms with E-state index in [-0.39, 0.29) is 6.10 Å². The summed E-state index contributed by atoms with van der Waals surface area (Å²) in [5.74, 6) is 1.87. The van der Waals surface area contributed by atoms with Crippen molar-refractivity contribution in [2.24, 2.45) is 5.92 Å². The average molecular weight is 289 g/mol. The van der Waals surface area contributed by atoms with Crippen LogP contribution in [0.15, 0.2) is 6.07 Å². The molecule has 100 valence electrons. The second-order valence-corrected chi connectivity index (χ2v) is 5.67. The van der Waals surface area contributed by atoms with Gasteiger partial charge in [0.1, 0.15) is 16.9 Å². The van der Waals surface area contributed by atoms with Crippen molar-refractivity contribution in [3.8, 4) is 5.88 Å². The van der Waals surface area contributed by atoms with Crippen LogP contribution in [0, 0.1) is 5.92 Å². The van der Waals surface area contributed by atoms with Crippen molar-refractivity contribution >= 4 is 29.0 Å². The highest BCUT2D eigenvalue weighted by Gasteiger charge is 2.21. The molecule has 1 fully saturated rings. The number of ether oxygens (including phenoxy) is 1. The second-order valence-electron chi connectivity index (χ2n) is 4.86. The number of nitrogens with zero attached hydrogens (tertiary/aromatic N) is 1. The maximum Gasteiger partial charge on any atom is 0.234 e. The number of pyridine rings is 1. The first kappa shape index (κ1) is 13.8. The van der Waals surface area contributed by atoms with E-state index in [9.17, 15) is 0 Å². The third-order valence-electron chi connectivity index (χ3n) is 3.38. The van der Waals surface area contributed by atoms with Gasteiger partial charge in [0.2, 0.25) is 5.88 Å². The Bertz CT molecular complexity index is 418. The first-order chi connectivity index (χ1) is 8.60. The molecule has 0 aromatic carbocycles. The lowest BCUT2D eigenvalue weighted by Crippen LogP contribution is -2.23. The SMILES string of the molecule is CNc1nc(OC2CCC(C)CC2)c(Cl)cc1Cl. The molecule has 0 unspecified atom stereocenters. The Morgan fingerprint density at radius 1 is 1.22 bits per heavy atom. The molecule has 2 rings (SSSR count). The molecule has 1 saturated carbocycles. The number of hydrogen-bond acceptors (Lipinski definition) is 3. The van der Waals surface area contributed by atoms with Crippen LogP contribution < -0.4 is 10.1 Å². The highest BCUT2D eigenvalue weighted by Crippen LogP contribution is 2.33. The average Bonchev–Trinajstić information content (AvgIpc) is 2.35. The molecule has 1 aromatic heterocycles. The molecule has 0 radical (unpaired) electrons. The number of anilines is 1. The molecule has 1 N–H and O–H groups in total. The minimum absolute atomic E-state index is 0.220. The van der Waals surface area contributed by atoms with Gasteiger partial charge in [-0.15, -0.1) is 0 Å². The van der Waals surface area contributed by atoms with Crippen molar-refractivity contribution in [1.29, 1.82) is 0 Å². The molecule has 1 aliphatic rings. The van der Waals surface area contributed by atoms with E-state index in [1.807, 2.05) is 0 Å². The van der Waals surface area contributed by atoms with Crippen molar-refractivity contribution in [1.82, 2.24) is 4.98 Å². The van der Waals surface area contributed by atoms with Gasteiger partial charge in [0, 0.05) is 7.05 Å². The van der Waals surface area contributed by atoms with E-state index in [1.54, 1.807) is 13.1 Å². The maximum absolute atomic E-state index is 6.11. The highest BCUT2D eigenvalue weighted by atomic mass is 35.5. The lowest BCUT2D eigenvalue weighted by molar-refractivity contribution is 0.130. The summed E-state index contributed by atoms with van der Waals surface area (Å²) in [5, 5.41) is 3.90. The van der Waals surface area contributed by atoms with Gasteiger partial charge in [-0.05, 0) is 37.7 Å². The lowest BCUT2D eigenvalue weighted by Gasteiger charge is -2.26. The third kappa shape index (κ3) is 3.21. The highest BCUT2D eigenvalue weighted by molar-refractivity contribution is 6.36. The Kier molecular flexibility index (Phi) is 4.57. The Labute approximate surface area is 118 Å². The summed E-state index contributed by atoms with van der Waals surface area (Å²) < 4.78 is 5.89. The van der Waals surface area contributed by atoms with Crippen LogP contribution in [0.3, 0.4) is 0 Å². The van der Waals surface area contributed by atoms with Gasteiger partial charge in [-0.1, -0.05) is 30.1 Å². The van der Waals surface area contributed by atoms with Crippen LogP contribution in [0.25, 0.3) is 0 Å². The van der Waals surface area contributed by atoms with E-state index in [0.717, 1.165) is 18.8 Å². The lowest BCUT2D eigenvalue weighted by atomic mass is 9.89. The molecule has 3 nitrogen and oxygen atoms in total. The molecule has 5 heteroatoms. The summed E-state index contributed by atoms with van der Waals surface area (Å²) in [4.78, 5) is 4.31. The molecule has 1 aliphatic carbocycles. The van der Waals surface area contributed by atoms with Crippen molar-refractivity contribution in [2.75, 3.05) is 12.4 Å². The van der Waals surface area contributed by atoms with E-state index in [4.69, 9.17) is 27.9 Å². The number of nitrogens with one attached hydrogen (secondary N) is 1. The Balaban J connectivity index is 2.09. The summed E-state index contributed by atoms with van der Waals surface area (Å²) >= 11 is 12.1. The monoisotopic (exact) mass is 288 g/mol. The minimum atomic E-state index is 0.220. The van der Waals surface area contributed by atoms with Gasteiger partial charge in [0.25, 0.3) is 0 Å². The molecule has 0 aliphatic heterocycles. The van der Waals surface area contributed by atoms with Crippen molar-refractivity contribution in [3.63, 3.8) is 0 Å².